The highest BCUT2D eigenvalue weighted by atomic mass is 32.2. The predicted octanol–water partition coefficient (Wildman–Crippen LogP) is 2.58. The molecule has 1 aliphatic rings. The van der Waals surface area contributed by atoms with Crippen molar-refractivity contribution in [2.75, 3.05) is 5.75 Å². The van der Waals surface area contributed by atoms with Crippen LogP contribution in [0.4, 0.5) is 0 Å². The number of carboxylic acids is 1. The lowest BCUT2D eigenvalue weighted by atomic mass is 10.2. The van der Waals surface area contributed by atoms with Gasteiger partial charge in [0.1, 0.15) is 5.52 Å². The van der Waals surface area contributed by atoms with Gasteiger partial charge in [0, 0.05) is 12.2 Å². The molecule has 0 radical (unpaired) electrons. The number of aliphatic carboxylic acids is 1. The van der Waals surface area contributed by atoms with Gasteiger partial charge in [-0.3, -0.25) is 9.78 Å². The number of aromatic nitrogens is 3. The van der Waals surface area contributed by atoms with E-state index in [1.807, 2.05) is 6.07 Å². The van der Waals surface area contributed by atoms with E-state index in [0.29, 0.717) is 6.04 Å². The number of rotatable bonds is 4. The van der Waals surface area contributed by atoms with E-state index in [0.717, 1.165) is 22.6 Å². The van der Waals surface area contributed by atoms with E-state index in [1.165, 1.54) is 11.8 Å². The molecule has 1 atom stereocenters. The minimum Gasteiger partial charge on any atom is -0.481 e. The summed E-state index contributed by atoms with van der Waals surface area (Å²) in [6.07, 6.45) is 4.58. The van der Waals surface area contributed by atoms with Crippen LogP contribution in [0.1, 0.15) is 26.3 Å². The molecule has 1 N–H and O–H groups in total. The molecule has 2 aromatic heterocycles. The molecular formula is C13H15N3O2S. The third-order valence-corrected chi connectivity index (χ3v) is 4.49. The zero-order valence-corrected chi connectivity index (χ0v) is 11.6. The summed E-state index contributed by atoms with van der Waals surface area (Å²) in [6.45, 7) is 4.44. The van der Waals surface area contributed by atoms with Gasteiger partial charge in [0.05, 0.1) is 17.5 Å². The number of carboxylic acid groups (broad SMARTS) is 1. The van der Waals surface area contributed by atoms with E-state index in [4.69, 9.17) is 5.11 Å². The quantitative estimate of drug-likeness (QED) is 0.870. The highest BCUT2D eigenvalue weighted by Gasteiger charge is 2.48. The largest absolute Gasteiger partial charge is 0.481 e. The second kappa shape index (κ2) is 4.23. The normalized spacial score (nSPS) is 20.6. The second-order valence-corrected chi connectivity index (χ2v) is 6.46. The van der Waals surface area contributed by atoms with Crippen molar-refractivity contribution >= 4 is 28.8 Å². The molecule has 0 aromatic carbocycles. The Balaban J connectivity index is 2.05. The maximum Gasteiger partial charge on any atom is 0.313 e. The van der Waals surface area contributed by atoms with E-state index in [1.54, 1.807) is 12.4 Å². The molecule has 1 aliphatic carbocycles. The zero-order chi connectivity index (χ0) is 13.6. The first kappa shape index (κ1) is 12.5. The van der Waals surface area contributed by atoms with Crippen LogP contribution in [0.15, 0.2) is 23.6 Å². The molecule has 0 spiro atoms. The van der Waals surface area contributed by atoms with Crippen molar-refractivity contribution in [3.8, 4) is 0 Å². The Bertz CT molecular complexity index is 650. The van der Waals surface area contributed by atoms with Crippen LogP contribution in [0.3, 0.4) is 0 Å². The van der Waals surface area contributed by atoms with E-state index >= 15 is 0 Å². The second-order valence-electron chi connectivity index (χ2n) is 5.52. The average Bonchev–Trinajstić information content (AvgIpc) is 2.84. The van der Waals surface area contributed by atoms with Crippen LogP contribution in [0.2, 0.25) is 0 Å². The van der Waals surface area contributed by atoms with E-state index in [9.17, 15) is 4.79 Å². The predicted molar refractivity (Wildman–Crippen MR) is 73.3 cm³/mol. The van der Waals surface area contributed by atoms with Crippen LogP contribution >= 0.6 is 11.8 Å². The first-order valence-corrected chi connectivity index (χ1v) is 7.14. The van der Waals surface area contributed by atoms with Crippen LogP contribution in [-0.4, -0.2) is 31.4 Å². The van der Waals surface area contributed by atoms with Crippen molar-refractivity contribution in [2.24, 2.45) is 5.41 Å². The third kappa shape index (κ3) is 2.20. The van der Waals surface area contributed by atoms with Crippen LogP contribution < -0.4 is 0 Å². The topological polar surface area (TPSA) is 68.0 Å². The maximum atomic E-state index is 10.7. The summed E-state index contributed by atoms with van der Waals surface area (Å²) in [4.78, 5) is 19.3. The molecule has 1 saturated carbocycles. The molecule has 2 heterocycles. The number of hydrogen-bond acceptors (Lipinski definition) is 4. The van der Waals surface area contributed by atoms with Crippen molar-refractivity contribution in [3.63, 3.8) is 0 Å². The Morgan fingerprint density at radius 2 is 2.37 bits per heavy atom. The lowest BCUT2D eigenvalue weighted by molar-refractivity contribution is -0.133. The van der Waals surface area contributed by atoms with Crippen molar-refractivity contribution in [2.45, 2.75) is 31.5 Å². The van der Waals surface area contributed by atoms with Crippen molar-refractivity contribution in [1.82, 2.24) is 14.5 Å². The highest BCUT2D eigenvalue weighted by Crippen LogP contribution is 2.57. The number of pyridine rings is 1. The smallest absolute Gasteiger partial charge is 0.313 e. The van der Waals surface area contributed by atoms with Gasteiger partial charge in [0.15, 0.2) is 5.16 Å². The number of fused-ring (bicyclic) bond motifs is 1. The van der Waals surface area contributed by atoms with Gasteiger partial charge in [-0.2, -0.15) is 0 Å². The van der Waals surface area contributed by atoms with E-state index < -0.39 is 5.97 Å². The van der Waals surface area contributed by atoms with Gasteiger partial charge in [-0.25, -0.2) is 4.98 Å². The Morgan fingerprint density at radius 3 is 3.00 bits per heavy atom. The Hall–Kier alpha value is -1.56. The first-order chi connectivity index (χ1) is 8.99. The van der Waals surface area contributed by atoms with E-state index in [2.05, 4.69) is 28.4 Å². The van der Waals surface area contributed by atoms with Crippen LogP contribution in [0.5, 0.6) is 0 Å². The van der Waals surface area contributed by atoms with Gasteiger partial charge >= 0.3 is 5.97 Å². The molecule has 19 heavy (non-hydrogen) atoms. The Kier molecular flexibility index (Phi) is 2.78. The number of thioether (sulfide) groups is 1. The maximum absolute atomic E-state index is 10.7. The number of carbonyl (C=O) groups is 1. The molecule has 1 unspecified atom stereocenters. The minimum atomic E-state index is -0.822. The lowest BCUT2D eigenvalue weighted by Gasteiger charge is -2.10. The molecule has 0 bridgehead atoms. The first-order valence-electron chi connectivity index (χ1n) is 6.15. The lowest BCUT2D eigenvalue weighted by Crippen LogP contribution is -2.04. The summed E-state index contributed by atoms with van der Waals surface area (Å²) in [5.74, 6) is -0.791. The van der Waals surface area contributed by atoms with Crippen molar-refractivity contribution in [3.05, 3.63) is 18.5 Å². The van der Waals surface area contributed by atoms with Crippen molar-refractivity contribution in [1.29, 1.82) is 0 Å². The summed E-state index contributed by atoms with van der Waals surface area (Å²) in [6, 6.07) is 2.35. The third-order valence-electron chi connectivity index (χ3n) is 3.56. The molecule has 100 valence electrons. The standard InChI is InChI=1S/C13H15N3O2S/c1-13(2)5-10(13)16-9-3-4-14-6-8(9)15-12(16)19-7-11(17)18/h3-4,6,10H,5,7H2,1-2H3,(H,17,18). The fraction of sp³-hybridized carbons (Fsp3) is 0.462. The van der Waals surface area contributed by atoms with Crippen molar-refractivity contribution < 1.29 is 9.90 Å². The number of hydrogen-bond donors (Lipinski definition) is 1. The SMILES string of the molecule is CC1(C)CC1n1c(SCC(=O)O)nc2cnccc21. The van der Waals surface area contributed by atoms with Crippen LogP contribution in [0.25, 0.3) is 11.0 Å². The van der Waals surface area contributed by atoms with Gasteiger partial charge in [0.25, 0.3) is 0 Å². The fourth-order valence-corrected chi connectivity index (χ4v) is 3.12. The monoisotopic (exact) mass is 277 g/mol. The molecular weight excluding hydrogens is 262 g/mol. The van der Waals surface area contributed by atoms with Crippen LogP contribution in [0, 0.1) is 5.41 Å². The average molecular weight is 277 g/mol. The van der Waals surface area contributed by atoms with Gasteiger partial charge in [-0.15, -0.1) is 0 Å². The number of nitrogens with zero attached hydrogens (tertiary/aromatic N) is 3. The minimum absolute atomic E-state index is 0.0316. The van der Waals surface area contributed by atoms with Gasteiger partial charge in [0.2, 0.25) is 0 Å². The molecule has 6 heteroatoms. The molecule has 0 amide bonds. The van der Waals surface area contributed by atoms with Crippen LogP contribution in [-0.2, 0) is 4.79 Å². The van der Waals surface area contributed by atoms with Gasteiger partial charge in [-0.05, 0) is 17.9 Å². The highest BCUT2D eigenvalue weighted by molar-refractivity contribution is 7.99. The number of imidazole rings is 1. The Labute approximate surface area is 115 Å². The Morgan fingerprint density at radius 1 is 1.63 bits per heavy atom. The van der Waals surface area contributed by atoms with Gasteiger partial charge in [-0.1, -0.05) is 25.6 Å². The fourth-order valence-electron chi connectivity index (χ4n) is 2.34. The molecule has 3 rings (SSSR count). The van der Waals surface area contributed by atoms with E-state index in [-0.39, 0.29) is 11.2 Å². The summed E-state index contributed by atoms with van der Waals surface area (Å²) in [5, 5.41) is 9.61. The zero-order valence-electron chi connectivity index (χ0n) is 10.8. The molecule has 2 aromatic rings. The summed E-state index contributed by atoms with van der Waals surface area (Å²) in [5.41, 5.74) is 2.13. The van der Waals surface area contributed by atoms with Gasteiger partial charge < -0.3 is 9.67 Å². The molecule has 0 aliphatic heterocycles. The summed E-state index contributed by atoms with van der Waals surface area (Å²) < 4.78 is 2.17. The molecule has 0 saturated heterocycles. The summed E-state index contributed by atoms with van der Waals surface area (Å²) in [7, 11) is 0. The molecule has 5 nitrogen and oxygen atoms in total. The summed E-state index contributed by atoms with van der Waals surface area (Å²) >= 11 is 1.27. The molecule has 1 fully saturated rings.